The standard InChI is InChI=1S/C19H12F3N5O3/c20-19(21,22)9-30-12-3-1-10(2-4-12)15-5-13(17(28)29)14(6-23)16(27-15)11-7-25-18(24)26-8-11/h1-5,7-8H,9H2,(H,28,29)(H2,24,25,26). The molecule has 0 unspecified atom stereocenters. The number of benzene rings is 1. The maximum atomic E-state index is 12.3. The molecule has 0 fully saturated rings. The number of anilines is 1. The van der Waals surface area contributed by atoms with Gasteiger partial charge in [-0.15, -0.1) is 0 Å². The molecule has 3 rings (SSSR count). The molecule has 0 amide bonds. The third-order valence-electron chi connectivity index (χ3n) is 3.86. The molecular formula is C19H12F3N5O3. The molecule has 2 aromatic heterocycles. The van der Waals surface area contributed by atoms with E-state index < -0.39 is 18.8 Å². The minimum atomic E-state index is -4.47. The van der Waals surface area contributed by atoms with Crippen molar-refractivity contribution in [3.63, 3.8) is 0 Å². The molecule has 0 saturated heterocycles. The van der Waals surface area contributed by atoms with E-state index in [1.165, 1.54) is 42.7 Å². The summed E-state index contributed by atoms with van der Waals surface area (Å²) in [6.45, 7) is -1.44. The maximum absolute atomic E-state index is 12.3. The average molecular weight is 415 g/mol. The Morgan fingerprint density at radius 2 is 1.80 bits per heavy atom. The lowest BCUT2D eigenvalue weighted by atomic mass is 10.00. The lowest BCUT2D eigenvalue weighted by molar-refractivity contribution is -0.153. The molecule has 0 aliphatic rings. The normalized spacial score (nSPS) is 11.0. The van der Waals surface area contributed by atoms with Crippen LogP contribution in [0, 0.1) is 11.3 Å². The van der Waals surface area contributed by atoms with Crippen molar-refractivity contribution in [2.75, 3.05) is 12.3 Å². The number of carboxylic acids is 1. The Morgan fingerprint density at radius 1 is 1.17 bits per heavy atom. The van der Waals surface area contributed by atoms with Crippen LogP contribution in [0.4, 0.5) is 19.1 Å². The van der Waals surface area contributed by atoms with Crippen molar-refractivity contribution in [1.82, 2.24) is 15.0 Å². The first kappa shape index (κ1) is 20.5. The molecule has 3 aromatic rings. The second-order valence-corrected chi connectivity index (χ2v) is 5.95. The average Bonchev–Trinajstić information content (AvgIpc) is 2.71. The molecule has 2 heterocycles. The van der Waals surface area contributed by atoms with E-state index in [-0.39, 0.29) is 39.8 Å². The van der Waals surface area contributed by atoms with Gasteiger partial charge in [-0.1, -0.05) is 0 Å². The number of carbonyl (C=O) groups is 1. The number of nitrogen functional groups attached to an aromatic ring is 1. The van der Waals surface area contributed by atoms with Gasteiger partial charge in [-0.2, -0.15) is 18.4 Å². The maximum Gasteiger partial charge on any atom is 0.422 e. The molecular weight excluding hydrogens is 403 g/mol. The van der Waals surface area contributed by atoms with Gasteiger partial charge >= 0.3 is 12.1 Å². The first-order chi connectivity index (χ1) is 14.2. The molecule has 11 heteroatoms. The molecule has 0 spiro atoms. The summed E-state index contributed by atoms with van der Waals surface area (Å²) >= 11 is 0. The molecule has 0 bridgehead atoms. The van der Waals surface area contributed by atoms with Crippen LogP contribution in [0.3, 0.4) is 0 Å². The number of halogens is 3. The van der Waals surface area contributed by atoms with Gasteiger partial charge < -0.3 is 15.6 Å². The van der Waals surface area contributed by atoms with Crippen molar-refractivity contribution >= 4 is 11.9 Å². The molecule has 0 saturated carbocycles. The van der Waals surface area contributed by atoms with Crippen molar-refractivity contribution in [3.05, 3.63) is 53.9 Å². The Bertz CT molecular complexity index is 1120. The summed E-state index contributed by atoms with van der Waals surface area (Å²) in [5.41, 5.74) is 5.86. The van der Waals surface area contributed by atoms with Gasteiger partial charge in [0.15, 0.2) is 6.61 Å². The van der Waals surface area contributed by atoms with Crippen LogP contribution >= 0.6 is 0 Å². The SMILES string of the molecule is N#Cc1c(C(=O)O)cc(-c2ccc(OCC(F)(F)F)cc2)nc1-c1cnc(N)nc1. The van der Waals surface area contributed by atoms with E-state index >= 15 is 0 Å². The van der Waals surface area contributed by atoms with Crippen LogP contribution in [0.15, 0.2) is 42.7 Å². The molecule has 3 N–H and O–H groups in total. The highest BCUT2D eigenvalue weighted by Crippen LogP contribution is 2.30. The van der Waals surface area contributed by atoms with Crippen LogP contribution in [0.5, 0.6) is 5.75 Å². The third-order valence-corrected chi connectivity index (χ3v) is 3.86. The molecule has 0 atom stereocenters. The van der Waals surface area contributed by atoms with Crippen LogP contribution in [0.1, 0.15) is 15.9 Å². The number of rotatable bonds is 5. The smallest absolute Gasteiger partial charge is 0.422 e. The van der Waals surface area contributed by atoms with Gasteiger partial charge in [-0.3, -0.25) is 0 Å². The van der Waals surface area contributed by atoms with Crippen LogP contribution in [0.25, 0.3) is 22.5 Å². The number of carboxylic acid groups (broad SMARTS) is 1. The molecule has 0 radical (unpaired) electrons. The number of ether oxygens (including phenoxy) is 1. The first-order valence-corrected chi connectivity index (χ1v) is 8.24. The van der Waals surface area contributed by atoms with Crippen LogP contribution in [-0.2, 0) is 0 Å². The Kier molecular flexibility index (Phi) is 5.50. The largest absolute Gasteiger partial charge is 0.484 e. The minimum absolute atomic E-state index is 0.0127. The van der Waals surface area contributed by atoms with Crippen molar-refractivity contribution in [3.8, 4) is 34.3 Å². The van der Waals surface area contributed by atoms with E-state index in [0.717, 1.165) is 0 Å². The second-order valence-electron chi connectivity index (χ2n) is 5.95. The number of hydrogen-bond donors (Lipinski definition) is 2. The number of nitriles is 1. The van der Waals surface area contributed by atoms with Gasteiger partial charge in [-0.05, 0) is 30.3 Å². The summed E-state index contributed by atoms with van der Waals surface area (Å²) in [4.78, 5) is 23.7. The zero-order valence-corrected chi connectivity index (χ0v) is 15.0. The van der Waals surface area contributed by atoms with Crippen molar-refractivity contribution < 1.29 is 27.8 Å². The number of aromatic carboxylic acids is 1. The number of nitrogens with zero attached hydrogens (tertiary/aromatic N) is 4. The quantitative estimate of drug-likeness (QED) is 0.648. The second kappa shape index (κ2) is 8.04. The molecule has 0 aliphatic heterocycles. The van der Waals surface area contributed by atoms with Crippen molar-refractivity contribution in [2.45, 2.75) is 6.18 Å². The van der Waals surface area contributed by atoms with E-state index in [9.17, 15) is 28.3 Å². The summed E-state index contributed by atoms with van der Waals surface area (Å²) in [5, 5.41) is 19.0. The van der Waals surface area contributed by atoms with Gasteiger partial charge in [-0.25, -0.2) is 19.7 Å². The number of pyridine rings is 1. The minimum Gasteiger partial charge on any atom is -0.484 e. The monoisotopic (exact) mass is 415 g/mol. The molecule has 152 valence electrons. The highest BCUT2D eigenvalue weighted by molar-refractivity contribution is 5.94. The van der Waals surface area contributed by atoms with Crippen LogP contribution in [-0.4, -0.2) is 38.8 Å². The first-order valence-electron chi connectivity index (χ1n) is 8.24. The summed E-state index contributed by atoms with van der Waals surface area (Å²) < 4.78 is 41.5. The Labute approximate surface area is 167 Å². The van der Waals surface area contributed by atoms with Gasteiger partial charge in [0.25, 0.3) is 0 Å². The molecule has 1 aromatic carbocycles. The predicted octanol–water partition coefficient (Wildman–Crippen LogP) is 3.30. The number of nitrogens with two attached hydrogens (primary N) is 1. The predicted molar refractivity (Wildman–Crippen MR) is 98.3 cm³/mol. The van der Waals surface area contributed by atoms with Crippen LogP contribution in [0.2, 0.25) is 0 Å². The molecule has 8 nitrogen and oxygen atoms in total. The summed E-state index contributed by atoms with van der Waals surface area (Å²) in [7, 11) is 0. The Morgan fingerprint density at radius 3 is 2.33 bits per heavy atom. The fourth-order valence-corrected chi connectivity index (χ4v) is 2.53. The van der Waals surface area contributed by atoms with Gasteiger partial charge in [0, 0.05) is 23.5 Å². The van der Waals surface area contributed by atoms with Crippen molar-refractivity contribution in [2.24, 2.45) is 0 Å². The number of alkyl halides is 3. The highest BCUT2D eigenvalue weighted by atomic mass is 19.4. The van der Waals surface area contributed by atoms with E-state index in [4.69, 9.17) is 5.73 Å². The molecule has 30 heavy (non-hydrogen) atoms. The Hall–Kier alpha value is -4.20. The van der Waals surface area contributed by atoms with Crippen LogP contribution < -0.4 is 10.5 Å². The lowest BCUT2D eigenvalue weighted by Crippen LogP contribution is -2.19. The lowest BCUT2D eigenvalue weighted by Gasteiger charge is -2.12. The zero-order chi connectivity index (χ0) is 21.9. The van der Waals surface area contributed by atoms with Gasteiger partial charge in [0.05, 0.1) is 22.5 Å². The Balaban J connectivity index is 2.06. The summed E-state index contributed by atoms with van der Waals surface area (Å²) in [6, 6.07) is 8.47. The van der Waals surface area contributed by atoms with Gasteiger partial charge in [0.1, 0.15) is 11.8 Å². The fourth-order valence-electron chi connectivity index (χ4n) is 2.53. The molecule has 0 aliphatic carbocycles. The van der Waals surface area contributed by atoms with Crippen molar-refractivity contribution in [1.29, 1.82) is 5.26 Å². The third kappa shape index (κ3) is 4.61. The number of aromatic nitrogens is 3. The topological polar surface area (TPSA) is 135 Å². The van der Waals surface area contributed by atoms with E-state index in [0.29, 0.717) is 5.56 Å². The van der Waals surface area contributed by atoms with E-state index in [1.54, 1.807) is 0 Å². The van der Waals surface area contributed by atoms with Gasteiger partial charge in [0.2, 0.25) is 5.95 Å². The summed E-state index contributed by atoms with van der Waals surface area (Å²) in [6.07, 6.45) is -1.87. The van der Waals surface area contributed by atoms with E-state index in [2.05, 4.69) is 19.7 Å². The highest BCUT2D eigenvalue weighted by Gasteiger charge is 2.28. The fraction of sp³-hybridized carbons (Fsp3) is 0.105. The summed E-state index contributed by atoms with van der Waals surface area (Å²) in [5.74, 6) is -1.38. The van der Waals surface area contributed by atoms with E-state index in [1.807, 2.05) is 6.07 Å². The number of hydrogen-bond acceptors (Lipinski definition) is 7. The zero-order valence-electron chi connectivity index (χ0n) is 15.0.